The van der Waals surface area contributed by atoms with E-state index in [4.69, 9.17) is 11.6 Å². The topological polar surface area (TPSA) is 9.23 Å². The zero-order valence-corrected chi connectivity index (χ0v) is 10.2. The molecule has 0 spiro atoms. The van der Waals surface area contributed by atoms with Gasteiger partial charge < -0.3 is 4.74 Å². The van der Waals surface area contributed by atoms with Gasteiger partial charge in [0.05, 0.1) is 0 Å². The maximum absolute atomic E-state index is 12.1. The van der Waals surface area contributed by atoms with E-state index in [0.29, 0.717) is 12.3 Å². The summed E-state index contributed by atoms with van der Waals surface area (Å²) in [4.78, 5) is 0. The molecular formula is C12H14ClF3O. The van der Waals surface area contributed by atoms with E-state index in [2.05, 4.69) is 4.74 Å². The van der Waals surface area contributed by atoms with Crippen molar-refractivity contribution in [2.75, 3.05) is 5.88 Å². The minimum Gasteiger partial charge on any atom is -0.406 e. The molecule has 96 valence electrons. The number of hydrogen-bond donors (Lipinski definition) is 0. The fourth-order valence-corrected chi connectivity index (χ4v) is 1.77. The highest BCUT2D eigenvalue weighted by atomic mass is 35.5. The van der Waals surface area contributed by atoms with E-state index in [0.717, 1.165) is 24.0 Å². The quantitative estimate of drug-likeness (QED) is 0.721. The van der Waals surface area contributed by atoms with E-state index in [9.17, 15) is 13.2 Å². The van der Waals surface area contributed by atoms with Gasteiger partial charge in [-0.3, -0.25) is 0 Å². The standard InChI is InChI=1S/C12H14ClF3O/c1-2-9-5-6-11(17-12(14,15)16)8-10(9)4-3-7-13/h5-6,8H,2-4,7H2,1H3. The Kier molecular flexibility index (Phi) is 5.12. The second-order valence-electron chi connectivity index (χ2n) is 3.62. The summed E-state index contributed by atoms with van der Waals surface area (Å²) >= 11 is 5.58. The molecule has 0 aliphatic heterocycles. The van der Waals surface area contributed by atoms with Crippen LogP contribution in [0, 0.1) is 0 Å². The zero-order chi connectivity index (χ0) is 12.9. The van der Waals surface area contributed by atoms with Crippen LogP contribution in [-0.2, 0) is 12.8 Å². The summed E-state index contributed by atoms with van der Waals surface area (Å²) < 4.78 is 40.1. The molecule has 0 bridgehead atoms. The number of aryl methyl sites for hydroxylation is 2. The van der Waals surface area contributed by atoms with Crippen molar-refractivity contribution in [1.82, 2.24) is 0 Å². The number of benzene rings is 1. The first-order chi connectivity index (χ1) is 7.96. The molecule has 0 N–H and O–H groups in total. The number of rotatable bonds is 5. The van der Waals surface area contributed by atoms with Crippen molar-refractivity contribution in [2.24, 2.45) is 0 Å². The van der Waals surface area contributed by atoms with Gasteiger partial charge in [0.1, 0.15) is 5.75 Å². The molecule has 1 rings (SSSR count). The van der Waals surface area contributed by atoms with Gasteiger partial charge >= 0.3 is 6.36 Å². The molecule has 0 atom stereocenters. The first-order valence-electron chi connectivity index (χ1n) is 5.39. The Hall–Kier alpha value is -0.900. The van der Waals surface area contributed by atoms with Crippen LogP contribution in [0.2, 0.25) is 0 Å². The summed E-state index contributed by atoms with van der Waals surface area (Å²) in [7, 11) is 0. The van der Waals surface area contributed by atoms with Crippen LogP contribution in [0.4, 0.5) is 13.2 Å². The molecule has 0 aromatic heterocycles. The van der Waals surface area contributed by atoms with Crippen LogP contribution in [0.3, 0.4) is 0 Å². The zero-order valence-electron chi connectivity index (χ0n) is 9.48. The maximum atomic E-state index is 12.1. The first-order valence-corrected chi connectivity index (χ1v) is 5.93. The lowest BCUT2D eigenvalue weighted by Gasteiger charge is -2.12. The molecular weight excluding hydrogens is 253 g/mol. The van der Waals surface area contributed by atoms with Crippen LogP contribution >= 0.6 is 11.6 Å². The predicted octanol–water partition coefficient (Wildman–Crippen LogP) is 4.32. The van der Waals surface area contributed by atoms with Crippen molar-refractivity contribution in [3.05, 3.63) is 29.3 Å². The third-order valence-electron chi connectivity index (χ3n) is 2.37. The molecule has 5 heteroatoms. The van der Waals surface area contributed by atoms with E-state index in [-0.39, 0.29) is 5.75 Å². The highest BCUT2D eigenvalue weighted by Gasteiger charge is 2.31. The van der Waals surface area contributed by atoms with E-state index in [1.54, 1.807) is 6.07 Å². The Morgan fingerprint density at radius 1 is 1.24 bits per heavy atom. The number of ether oxygens (including phenoxy) is 1. The van der Waals surface area contributed by atoms with Crippen molar-refractivity contribution >= 4 is 11.6 Å². The van der Waals surface area contributed by atoms with E-state index >= 15 is 0 Å². The smallest absolute Gasteiger partial charge is 0.406 e. The largest absolute Gasteiger partial charge is 0.573 e. The summed E-state index contributed by atoms with van der Waals surface area (Å²) in [5, 5.41) is 0. The van der Waals surface area contributed by atoms with E-state index < -0.39 is 6.36 Å². The average Bonchev–Trinajstić information content (AvgIpc) is 2.24. The Bertz CT molecular complexity index is 363. The fraction of sp³-hybridized carbons (Fsp3) is 0.500. The molecule has 0 fully saturated rings. The van der Waals surface area contributed by atoms with Crippen LogP contribution in [0.5, 0.6) is 5.75 Å². The molecule has 0 amide bonds. The monoisotopic (exact) mass is 266 g/mol. The van der Waals surface area contributed by atoms with Crippen LogP contribution in [0.1, 0.15) is 24.5 Å². The summed E-state index contributed by atoms with van der Waals surface area (Å²) in [5.41, 5.74) is 1.90. The lowest BCUT2D eigenvalue weighted by Crippen LogP contribution is -2.17. The molecule has 0 saturated heterocycles. The fourth-order valence-electron chi connectivity index (χ4n) is 1.63. The lowest BCUT2D eigenvalue weighted by atomic mass is 10.0. The Labute approximate surface area is 104 Å². The summed E-state index contributed by atoms with van der Waals surface area (Å²) in [6, 6.07) is 4.46. The molecule has 1 nitrogen and oxygen atoms in total. The Balaban J connectivity index is 2.88. The van der Waals surface area contributed by atoms with Crippen molar-refractivity contribution in [1.29, 1.82) is 0 Å². The SMILES string of the molecule is CCc1ccc(OC(F)(F)F)cc1CCCCl. The number of alkyl halides is 4. The van der Waals surface area contributed by atoms with Crippen LogP contribution in [-0.4, -0.2) is 12.2 Å². The molecule has 0 aliphatic carbocycles. The first kappa shape index (κ1) is 14.2. The minimum absolute atomic E-state index is 0.167. The van der Waals surface area contributed by atoms with Crippen molar-refractivity contribution in [3.63, 3.8) is 0 Å². The Morgan fingerprint density at radius 2 is 1.94 bits per heavy atom. The average molecular weight is 267 g/mol. The van der Waals surface area contributed by atoms with Crippen molar-refractivity contribution in [2.45, 2.75) is 32.5 Å². The van der Waals surface area contributed by atoms with Crippen LogP contribution in [0.25, 0.3) is 0 Å². The molecule has 0 heterocycles. The molecule has 0 aliphatic rings. The van der Waals surface area contributed by atoms with Crippen molar-refractivity contribution in [3.8, 4) is 5.75 Å². The van der Waals surface area contributed by atoms with E-state index in [1.165, 1.54) is 12.1 Å². The number of halogens is 4. The third kappa shape index (κ3) is 4.86. The molecule has 0 unspecified atom stereocenters. The number of hydrogen-bond acceptors (Lipinski definition) is 1. The predicted molar refractivity (Wildman–Crippen MR) is 61.5 cm³/mol. The summed E-state index contributed by atoms with van der Waals surface area (Å²) in [6.45, 7) is 1.96. The van der Waals surface area contributed by atoms with Gasteiger partial charge in [0.15, 0.2) is 0 Å². The van der Waals surface area contributed by atoms with Gasteiger partial charge in [-0.2, -0.15) is 0 Å². The summed E-state index contributed by atoms with van der Waals surface area (Å²) in [6.07, 6.45) is -2.45. The normalized spacial score (nSPS) is 11.6. The van der Waals surface area contributed by atoms with E-state index in [1.807, 2.05) is 6.92 Å². The van der Waals surface area contributed by atoms with Gasteiger partial charge in [-0.1, -0.05) is 13.0 Å². The van der Waals surface area contributed by atoms with Gasteiger partial charge in [0.25, 0.3) is 0 Å². The molecule has 1 aromatic rings. The molecule has 17 heavy (non-hydrogen) atoms. The van der Waals surface area contributed by atoms with Crippen molar-refractivity contribution < 1.29 is 17.9 Å². The summed E-state index contributed by atoms with van der Waals surface area (Å²) in [5.74, 6) is 0.326. The van der Waals surface area contributed by atoms with Crippen LogP contribution in [0.15, 0.2) is 18.2 Å². The van der Waals surface area contributed by atoms with Gasteiger partial charge in [-0.25, -0.2) is 0 Å². The van der Waals surface area contributed by atoms with Gasteiger partial charge in [0.2, 0.25) is 0 Å². The molecule has 0 radical (unpaired) electrons. The highest BCUT2D eigenvalue weighted by molar-refractivity contribution is 6.17. The second-order valence-corrected chi connectivity index (χ2v) is 4.00. The Morgan fingerprint density at radius 3 is 2.47 bits per heavy atom. The minimum atomic E-state index is -4.64. The third-order valence-corrected chi connectivity index (χ3v) is 2.64. The lowest BCUT2D eigenvalue weighted by molar-refractivity contribution is -0.274. The molecule has 1 aromatic carbocycles. The van der Waals surface area contributed by atoms with Gasteiger partial charge in [0, 0.05) is 5.88 Å². The second kappa shape index (κ2) is 6.15. The van der Waals surface area contributed by atoms with Gasteiger partial charge in [-0.15, -0.1) is 24.8 Å². The maximum Gasteiger partial charge on any atom is 0.573 e. The highest BCUT2D eigenvalue weighted by Crippen LogP contribution is 2.26. The van der Waals surface area contributed by atoms with Gasteiger partial charge in [-0.05, 0) is 42.5 Å². The molecule has 0 saturated carbocycles. The van der Waals surface area contributed by atoms with Crippen LogP contribution < -0.4 is 4.74 Å².